The summed E-state index contributed by atoms with van der Waals surface area (Å²) in [6, 6.07) is 15.2. The molecule has 0 atom stereocenters. The van der Waals surface area contributed by atoms with E-state index in [-0.39, 0.29) is 5.78 Å². The first kappa shape index (κ1) is 15.7. The molecule has 4 heteroatoms. The van der Waals surface area contributed by atoms with Crippen LogP contribution in [0.1, 0.15) is 29.3 Å². The Labute approximate surface area is 141 Å². The summed E-state index contributed by atoms with van der Waals surface area (Å²) < 4.78 is 0. The third-order valence-corrected chi connectivity index (χ3v) is 3.61. The van der Waals surface area contributed by atoms with Crippen molar-refractivity contribution in [2.45, 2.75) is 13.3 Å². The number of hydrogen-bond donors (Lipinski definition) is 1. The number of carbonyl (C=O) groups excluding carboxylic acids is 1. The van der Waals surface area contributed by atoms with E-state index in [2.05, 4.69) is 27.1 Å². The highest BCUT2D eigenvalue weighted by Crippen LogP contribution is 2.17. The summed E-state index contributed by atoms with van der Waals surface area (Å²) in [5.41, 5.74) is 2.54. The molecule has 3 aromatic rings. The van der Waals surface area contributed by atoms with Crippen molar-refractivity contribution < 1.29 is 4.79 Å². The average molecular weight is 315 g/mol. The van der Waals surface area contributed by atoms with Crippen molar-refractivity contribution in [3.05, 3.63) is 66.0 Å². The van der Waals surface area contributed by atoms with E-state index in [0.717, 1.165) is 22.3 Å². The van der Waals surface area contributed by atoms with Crippen molar-refractivity contribution in [3.63, 3.8) is 0 Å². The van der Waals surface area contributed by atoms with E-state index >= 15 is 0 Å². The number of rotatable bonds is 4. The number of fused-ring (bicyclic) bond motifs is 1. The van der Waals surface area contributed by atoms with Crippen LogP contribution < -0.4 is 5.32 Å². The van der Waals surface area contributed by atoms with E-state index in [1.807, 2.05) is 36.4 Å². The molecule has 0 spiro atoms. The van der Waals surface area contributed by atoms with Gasteiger partial charge in [-0.1, -0.05) is 36.1 Å². The third kappa shape index (κ3) is 3.76. The van der Waals surface area contributed by atoms with Gasteiger partial charge in [0.2, 0.25) is 0 Å². The number of carbonyl (C=O) groups is 1. The molecule has 0 bridgehead atoms. The molecule has 0 fully saturated rings. The number of nitrogens with zero attached hydrogens (tertiary/aromatic N) is 2. The van der Waals surface area contributed by atoms with Crippen molar-refractivity contribution >= 4 is 22.5 Å². The predicted molar refractivity (Wildman–Crippen MR) is 96.0 cm³/mol. The van der Waals surface area contributed by atoms with Crippen LogP contribution in [-0.4, -0.2) is 22.3 Å². The summed E-state index contributed by atoms with van der Waals surface area (Å²) in [5.74, 6) is 7.12. The number of para-hydroxylation sites is 1. The third-order valence-electron chi connectivity index (χ3n) is 3.61. The van der Waals surface area contributed by atoms with Crippen LogP contribution in [0.2, 0.25) is 0 Å². The minimum Gasteiger partial charge on any atom is -0.368 e. The molecular formula is C20H17N3O. The van der Waals surface area contributed by atoms with Crippen molar-refractivity contribution in [1.82, 2.24) is 9.97 Å². The Hall–Kier alpha value is -3.19. The van der Waals surface area contributed by atoms with Gasteiger partial charge in [0.1, 0.15) is 12.1 Å². The first-order chi connectivity index (χ1) is 11.7. The summed E-state index contributed by atoms with van der Waals surface area (Å²) in [4.78, 5) is 19.8. The lowest BCUT2D eigenvalue weighted by Crippen LogP contribution is -2.03. The van der Waals surface area contributed by atoms with E-state index in [9.17, 15) is 4.79 Å². The number of hydrogen-bond acceptors (Lipinski definition) is 4. The normalized spacial score (nSPS) is 10.0. The summed E-state index contributed by atoms with van der Waals surface area (Å²) in [6.07, 6.45) is 2.26. The molecule has 0 aliphatic rings. The number of anilines is 1. The van der Waals surface area contributed by atoms with Crippen LogP contribution in [0.4, 0.5) is 5.82 Å². The second kappa shape index (κ2) is 7.38. The van der Waals surface area contributed by atoms with E-state index in [0.29, 0.717) is 18.5 Å². The van der Waals surface area contributed by atoms with Crippen LogP contribution >= 0.6 is 0 Å². The Bertz CT molecular complexity index is 916. The lowest BCUT2D eigenvalue weighted by Gasteiger charge is -2.05. The number of aromatic nitrogens is 2. The monoisotopic (exact) mass is 315 g/mol. The minimum atomic E-state index is 0.0655. The maximum absolute atomic E-state index is 11.2. The van der Waals surface area contributed by atoms with Gasteiger partial charge in [-0.05, 0) is 31.2 Å². The smallest absolute Gasteiger partial charge is 0.159 e. The molecule has 0 radical (unpaired) electrons. The highest BCUT2D eigenvalue weighted by Gasteiger charge is 2.01. The molecule has 0 amide bonds. The number of ketones is 1. The molecule has 4 nitrogen and oxygen atoms in total. The molecule has 118 valence electrons. The van der Waals surface area contributed by atoms with Gasteiger partial charge >= 0.3 is 0 Å². The highest BCUT2D eigenvalue weighted by molar-refractivity contribution is 5.94. The van der Waals surface area contributed by atoms with Crippen LogP contribution in [0.25, 0.3) is 10.9 Å². The van der Waals surface area contributed by atoms with Crippen LogP contribution in [0.15, 0.2) is 54.9 Å². The summed E-state index contributed by atoms with van der Waals surface area (Å²) in [6.45, 7) is 2.27. The van der Waals surface area contributed by atoms with Gasteiger partial charge in [0, 0.05) is 29.5 Å². The SMILES string of the molecule is CC(=O)c1ccc(C#CCCNc2ncnc3ccccc23)cc1. The number of nitrogens with one attached hydrogen (secondary N) is 1. The Kier molecular flexibility index (Phi) is 4.83. The Morgan fingerprint density at radius 2 is 1.88 bits per heavy atom. The van der Waals surface area contributed by atoms with Gasteiger partial charge in [-0.2, -0.15) is 0 Å². The molecule has 2 aromatic carbocycles. The maximum Gasteiger partial charge on any atom is 0.159 e. The van der Waals surface area contributed by atoms with Crippen molar-refractivity contribution in [2.75, 3.05) is 11.9 Å². The van der Waals surface area contributed by atoms with Gasteiger partial charge in [0.15, 0.2) is 5.78 Å². The van der Waals surface area contributed by atoms with Gasteiger partial charge in [-0.3, -0.25) is 4.79 Å². The fraction of sp³-hybridized carbons (Fsp3) is 0.150. The lowest BCUT2D eigenvalue weighted by molar-refractivity contribution is 0.101. The lowest BCUT2D eigenvalue weighted by atomic mass is 10.1. The topological polar surface area (TPSA) is 54.9 Å². The molecule has 1 N–H and O–H groups in total. The maximum atomic E-state index is 11.2. The molecular weight excluding hydrogens is 298 g/mol. The van der Waals surface area contributed by atoms with Crippen LogP contribution in [0.5, 0.6) is 0 Å². The van der Waals surface area contributed by atoms with E-state index in [1.54, 1.807) is 25.4 Å². The van der Waals surface area contributed by atoms with Crippen molar-refractivity contribution in [2.24, 2.45) is 0 Å². The predicted octanol–water partition coefficient (Wildman–Crippen LogP) is 3.69. The fourth-order valence-electron chi connectivity index (χ4n) is 2.34. The zero-order valence-corrected chi connectivity index (χ0v) is 13.4. The highest BCUT2D eigenvalue weighted by atomic mass is 16.1. The summed E-state index contributed by atoms with van der Waals surface area (Å²) in [5, 5.41) is 4.31. The first-order valence-corrected chi connectivity index (χ1v) is 7.77. The molecule has 0 saturated heterocycles. The summed E-state index contributed by atoms with van der Waals surface area (Å²) in [7, 11) is 0. The molecule has 1 heterocycles. The molecule has 0 aliphatic carbocycles. The Morgan fingerprint density at radius 1 is 1.08 bits per heavy atom. The van der Waals surface area contributed by atoms with E-state index < -0.39 is 0 Å². The molecule has 3 rings (SSSR count). The Morgan fingerprint density at radius 3 is 2.67 bits per heavy atom. The van der Waals surface area contributed by atoms with Crippen molar-refractivity contribution in [3.8, 4) is 11.8 Å². The van der Waals surface area contributed by atoms with Gasteiger partial charge < -0.3 is 5.32 Å². The van der Waals surface area contributed by atoms with Gasteiger partial charge in [-0.25, -0.2) is 9.97 Å². The zero-order chi connectivity index (χ0) is 16.8. The van der Waals surface area contributed by atoms with Crippen LogP contribution in [0.3, 0.4) is 0 Å². The fourth-order valence-corrected chi connectivity index (χ4v) is 2.34. The molecule has 1 aromatic heterocycles. The van der Waals surface area contributed by atoms with Crippen LogP contribution in [0, 0.1) is 11.8 Å². The standard InChI is InChI=1S/C20H17N3O/c1-15(24)17-11-9-16(10-12-17)6-4-5-13-21-20-18-7-2-3-8-19(18)22-14-23-20/h2-3,7-12,14H,5,13H2,1H3,(H,21,22,23). The molecule has 0 saturated carbocycles. The minimum absolute atomic E-state index is 0.0655. The van der Waals surface area contributed by atoms with Gasteiger partial charge in [0.25, 0.3) is 0 Å². The Balaban J connectivity index is 1.58. The quantitative estimate of drug-likeness (QED) is 0.453. The number of benzene rings is 2. The van der Waals surface area contributed by atoms with Gasteiger partial charge in [0.05, 0.1) is 5.52 Å². The molecule has 0 aliphatic heterocycles. The zero-order valence-electron chi connectivity index (χ0n) is 13.4. The second-order valence-corrected chi connectivity index (χ2v) is 5.35. The second-order valence-electron chi connectivity index (χ2n) is 5.35. The number of Topliss-reactive ketones (excluding diaryl/α,β-unsaturated/α-hetero) is 1. The van der Waals surface area contributed by atoms with E-state index in [1.165, 1.54) is 0 Å². The largest absolute Gasteiger partial charge is 0.368 e. The molecule has 0 unspecified atom stereocenters. The summed E-state index contributed by atoms with van der Waals surface area (Å²) >= 11 is 0. The average Bonchev–Trinajstić information content (AvgIpc) is 2.62. The van der Waals surface area contributed by atoms with E-state index in [4.69, 9.17) is 0 Å². The van der Waals surface area contributed by atoms with Crippen LogP contribution in [-0.2, 0) is 0 Å². The van der Waals surface area contributed by atoms with Crippen molar-refractivity contribution in [1.29, 1.82) is 0 Å². The first-order valence-electron chi connectivity index (χ1n) is 7.77. The van der Waals surface area contributed by atoms with Gasteiger partial charge in [-0.15, -0.1) is 0 Å². The molecule has 24 heavy (non-hydrogen) atoms.